The summed E-state index contributed by atoms with van der Waals surface area (Å²) >= 11 is 0. The minimum atomic E-state index is -4.16. The normalized spacial score (nSPS) is 11.4. The zero-order valence-corrected chi connectivity index (χ0v) is 23.0. The van der Waals surface area contributed by atoms with Crippen molar-refractivity contribution in [3.8, 4) is 5.75 Å². The second-order valence-electron chi connectivity index (χ2n) is 8.41. The number of ether oxygens (including phenoxy) is 1. The van der Waals surface area contributed by atoms with Gasteiger partial charge in [-0.05, 0) is 79.7 Å². The summed E-state index contributed by atoms with van der Waals surface area (Å²) in [6.07, 6.45) is 0. The predicted molar refractivity (Wildman–Crippen MR) is 151 cm³/mol. The minimum Gasteiger partial charge on any atom is -0.492 e. The lowest BCUT2D eigenvalue weighted by Gasteiger charge is -2.26. The molecule has 0 aliphatic rings. The van der Waals surface area contributed by atoms with E-state index in [0.29, 0.717) is 5.75 Å². The van der Waals surface area contributed by atoms with Gasteiger partial charge in [-0.3, -0.25) is 13.8 Å². The number of amides is 1. The average molecular weight is 584 g/mol. The maximum atomic E-state index is 13.6. The molecule has 2 N–H and O–H groups in total. The van der Waals surface area contributed by atoms with Crippen molar-refractivity contribution >= 4 is 43.0 Å². The number of halogens is 1. The number of nitrogens with one attached hydrogen (secondary N) is 2. The second-order valence-corrected chi connectivity index (χ2v) is 12.0. The molecule has 0 heterocycles. The van der Waals surface area contributed by atoms with Crippen molar-refractivity contribution in [2.45, 2.75) is 16.7 Å². The predicted octanol–water partition coefficient (Wildman–Crippen LogP) is 4.86. The Morgan fingerprint density at radius 2 is 1.38 bits per heavy atom. The summed E-state index contributed by atoms with van der Waals surface area (Å²) in [5.41, 5.74) is 0.628. The number of benzene rings is 4. The molecule has 0 unspecified atom stereocenters. The third-order valence-electron chi connectivity index (χ3n) is 5.60. The third kappa shape index (κ3) is 6.77. The van der Waals surface area contributed by atoms with Gasteiger partial charge in [0.15, 0.2) is 0 Å². The van der Waals surface area contributed by atoms with Crippen LogP contribution < -0.4 is 19.1 Å². The minimum absolute atomic E-state index is 0.00249. The third-order valence-corrected chi connectivity index (χ3v) is 8.77. The van der Waals surface area contributed by atoms with Gasteiger partial charge in [0.2, 0.25) is 5.91 Å². The Morgan fingerprint density at radius 3 is 2.02 bits per heavy atom. The molecule has 0 fully saturated rings. The molecule has 0 aromatic heterocycles. The number of rotatable bonds is 11. The molecule has 4 aromatic rings. The Hall–Kier alpha value is -4.42. The van der Waals surface area contributed by atoms with E-state index in [0.717, 1.165) is 16.4 Å². The van der Waals surface area contributed by atoms with E-state index in [-0.39, 0.29) is 33.5 Å². The zero-order valence-electron chi connectivity index (χ0n) is 21.3. The Bertz CT molecular complexity index is 1680. The van der Waals surface area contributed by atoms with Crippen molar-refractivity contribution < 1.29 is 30.8 Å². The molecule has 208 valence electrons. The molecule has 4 aromatic carbocycles. The monoisotopic (exact) mass is 583 g/mol. The topological polar surface area (TPSA) is 122 Å². The Morgan fingerprint density at radius 1 is 0.775 bits per heavy atom. The number of carbonyl (C=O) groups is 1. The van der Waals surface area contributed by atoms with Crippen LogP contribution in [0.1, 0.15) is 6.92 Å². The number of hydrogen-bond acceptors (Lipinski definition) is 6. The van der Waals surface area contributed by atoms with E-state index in [1.165, 1.54) is 48.5 Å². The van der Waals surface area contributed by atoms with E-state index in [9.17, 15) is 26.0 Å². The van der Waals surface area contributed by atoms with Crippen molar-refractivity contribution in [2.24, 2.45) is 0 Å². The van der Waals surface area contributed by atoms with E-state index >= 15 is 0 Å². The van der Waals surface area contributed by atoms with Crippen LogP contribution in [-0.4, -0.2) is 35.9 Å². The lowest BCUT2D eigenvalue weighted by Crippen LogP contribution is -2.38. The fourth-order valence-electron chi connectivity index (χ4n) is 3.74. The van der Waals surface area contributed by atoms with Crippen LogP contribution in [0.15, 0.2) is 113 Å². The molecule has 12 heteroatoms. The van der Waals surface area contributed by atoms with Gasteiger partial charge in [0.1, 0.15) is 18.1 Å². The Kier molecular flexibility index (Phi) is 8.70. The standard InChI is InChI=1S/C28H26FN3O6S2/c1-2-38-27-11-7-6-10-26(27)32(40(36,37)25-8-4-3-5-9-25)20-28(33)30-22-16-18-24(19-17-22)39(34,35)31-23-14-12-21(29)13-15-23/h3-19,31H,2,20H2,1H3,(H,30,33). The number of sulfonamides is 2. The van der Waals surface area contributed by atoms with Gasteiger partial charge >= 0.3 is 0 Å². The van der Waals surface area contributed by atoms with Crippen molar-refractivity contribution in [1.29, 1.82) is 0 Å². The highest BCUT2D eigenvalue weighted by Gasteiger charge is 2.29. The molecule has 0 spiro atoms. The smallest absolute Gasteiger partial charge is 0.264 e. The lowest BCUT2D eigenvalue weighted by atomic mass is 10.3. The van der Waals surface area contributed by atoms with E-state index in [2.05, 4.69) is 10.0 Å². The van der Waals surface area contributed by atoms with Gasteiger partial charge in [0.25, 0.3) is 20.0 Å². The van der Waals surface area contributed by atoms with Gasteiger partial charge in [-0.1, -0.05) is 30.3 Å². The molecule has 4 rings (SSSR count). The number of hydrogen-bond donors (Lipinski definition) is 2. The molecule has 0 aliphatic carbocycles. The SMILES string of the molecule is CCOc1ccccc1N(CC(=O)Nc1ccc(S(=O)(=O)Nc2ccc(F)cc2)cc1)S(=O)(=O)c1ccccc1. The number of para-hydroxylation sites is 2. The molecule has 40 heavy (non-hydrogen) atoms. The first-order valence-electron chi connectivity index (χ1n) is 12.1. The number of anilines is 3. The van der Waals surface area contributed by atoms with Crippen molar-refractivity contribution in [2.75, 3.05) is 27.5 Å². The molecule has 1 amide bonds. The summed E-state index contributed by atoms with van der Waals surface area (Å²) in [4.78, 5) is 13.0. The van der Waals surface area contributed by atoms with Gasteiger partial charge in [-0.15, -0.1) is 0 Å². The zero-order chi connectivity index (χ0) is 28.8. The molecule has 0 bridgehead atoms. The quantitative estimate of drug-likeness (QED) is 0.260. The highest BCUT2D eigenvalue weighted by molar-refractivity contribution is 7.93. The first-order valence-corrected chi connectivity index (χ1v) is 15.0. The largest absolute Gasteiger partial charge is 0.492 e. The summed E-state index contributed by atoms with van der Waals surface area (Å²) < 4.78 is 74.6. The summed E-state index contributed by atoms with van der Waals surface area (Å²) in [6.45, 7) is 1.47. The van der Waals surface area contributed by atoms with Crippen LogP contribution in [0.3, 0.4) is 0 Å². The van der Waals surface area contributed by atoms with E-state index in [4.69, 9.17) is 4.74 Å². The lowest BCUT2D eigenvalue weighted by molar-refractivity contribution is -0.114. The fraction of sp³-hybridized carbons (Fsp3) is 0.107. The van der Waals surface area contributed by atoms with E-state index in [1.54, 1.807) is 49.4 Å². The highest BCUT2D eigenvalue weighted by atomic mass is 32.2. The van der Waals surface area contributed by atoms with Gasteiger partial charge in [0.05, 0.1) is 22.1 Å². The molecule has 9 nitrogen and oxygen atoms in total. The molecular formula is C28H26FN3O6S2. The van der Waals surface area contributed by atoms with Gasteiger partial charge in [-0.2, -0.15) is 0 Å². The molecule has 0 aliphatic heterocycles. The van der Waals surface area contributed by atoms with Crippen LogP contribution >= 0.6 is 0 Å². The second kappa shape index (κ2) is 12.2. The Balaban J connectivity index is 1.55. The molecule has 0 saturated heterocycles. The van der Waals surface area contributed by atoms with E-state index < -0.39 is 38.3 Å². The first-order chi connectivity index (χ1) is 19.1. The number of carbonyl (C=O) groups excluding carboxylic acids is 1. The van der Waals surface area contributed by atoms with Gasteiger partial charge in [-0.25, -0.2) is 21.2 Å². The highest BCUT2D eigenvalue weighted by Crippen LogP contribution is 2.32. The fourth-order valence-corrected chi connectivity index (χ4v) is 6.25. The maximum absolute atomic E-state index is 13.6. The van der Waals surface area contributed by atoms with Crippen molar-refractivity contribution in [1.82, 2.24) is 0 Å². The molecule has 0 saturated carbocycles. The first kappa shape index (κ1) is 28.6. The Labute approximate surface area is 232 Å². The molecule has 0 atom stereocenters. The van der Waals surface area contributed by atoms with Crippen LogP contribution in [-0.2, 0) is 24.8 Å². The van der Waals surface area contributed by atoms with Crippen LogP contribution in [0, 0.1) is 5.82 Å². The summed E-state index contributed by atoms with van der Waals surface area (Å²) in [7, 11) is -8.13. The molecule has 0 radical (unpaired) electrons. The number of nitrogens with zero attached hydrogens (tertiary/aromatic N) is 1. The van der Waals surface area contributed by atoms with Gasteiger partial charge < -0.3 is 10.1 Å². The van der Waals surface area contributed by atoms with Crippen LogP contribution in [0.25, 0.3) is 0 Å². The average Bonchev–Trinajstić information content (AvgIpc) is 2.94. The maximum Gasteiger partial charge on any atom is 0.264 e. The van der Waals surface area contributed by atoms with Crippen molar-refractivity contribution in [3.05, 3.63) is 109 Å². The summed E-state index contributed by atoms with van der Waals surface area (Å²) in [5.74, 6) is -0.870. The van der Waals surface area contributed by atoms with E-state index in [1.807, 2.05) is 0 Å². The summed E-state index contributed by atoms with van der Waals surface area (Å²) in [6, 6.07) is 24.4. The van der Waals surface area contributed by atoms with Gasteiger partial charge in [0, 0.05) is 11.4 Å². The van der Waals surface area contributed by atoms with Crippen LogP contribution in [0.2, 0.25) is 0 Å². The molecular weight excluding hydrogens is 557 g/mol. The van der Waals surface area contributed by atoms with Crippen LogP contribution in [0.5, 0.6) is 5.75 Å². The van der Waals surface area contributed by atoms with Crippen molar-refractivity contribution in [3.63, 3.8) is 0 Å². The summed E-state index contributed by atoms with van der Waals surface area (Å²) in [5, 5.41) is 2.61. The van der Waals surface area contributed by atoms with Crippen LogP contribution in [0.4, 0.5) is 21.5 Å².